The predicted octanol–water partition coefficient (Wildman–Crippen LogP) is 0.837. The molecule has 80 valence electrons. The van der Waals surface area contributed by atoms with Crippen LogP contribution >= 0.6 is 0 Å². The lowest BCUT2D eigenvalue weighted by Crippen LogP contribution is -2.27. The standard InChI is InChI=1S/C11H13NO3/c13-11(14)6-12-5-8-7-15-10-4-2-1-3-9(8)10/h1-4,8,12H,5-7H2,(H,13,14). The number of carboxylic acid groups (broad SMARTS) is 1. The van der Waals surface area contributed by atoms with Gasteiger partial charge >= 0.3 is 5.97 Å². The third-order valence-corrected chi connectivity index (χ3v) is 2.47. The molecule has 0 aliphatic carbocycles. The maximum Gasteiger partial charge on any atom is 0.317 e. The summed E-state index contributed by atoms with van der Waals surface area (Å²) in [4.78, 5) is 10.3. The fourth-order valence-corrected chi connectivity index (χ4v) is 1.75. The number of rotatable bonds is 4. The number of benzene rings is 1. The topological polar surface area (TPSA) is 58.6 Å². The zero-order chi connectivity index (χ0) is 10.7. The average Bonchev–Trinajstić information content (AvgIpc) is 2.62. The van der Waals surface area contributed by atoms with E-state index < -0.39 is 5.97 Å². The molecule has 0 amide bonds. The number of carboxylic acids is 1. The molecule has 0 spiro atoms. The molecule has 1 aliphatic rings. The maximum absolute atomic E-state index is 10.3. The van der Waals surface area contributed by atoms with E-state index in [4.69, 9.17) is 9.84 Å². The Hall–Kier alpha value is -1.55. The van der Waals surface area contributed by atoms with Gasteiger partial charge in [-0.3, -0.25) is 4.79 Å². The van der Waals surface area contributed by atoms with E-state index in [9.17, 15) is 4.79 Å². The SMILES string of the molecule is O=C(O)CNCC1COc2ccccc21. The minimum atomic E-state index is -0.831. The van der Waals surface area contributed by atoms with E-state index in [-0.39, 0.29) is 12.5 Å². The van der Waals surface area contributed by atoms with Gasteiger partial charge in [0.15, 0.2) is 0 Å². The number of para-hydroxylation sites is 1. The lowest BCUT2D eigenvalue weighted by molar-refractivity contribution is -0.135. The summed E-state index contributed by atoms with van der Waals surface area (Å²) >= 11 is 0. The summed E-state index contributed by atoms with van der Waals surface area (Å²) in [6.45, 7) is 1.27. The Bertz CT molecular complexity index is 365. The second kappa shape index (κ2) is 4.31. The highest BCUT2D eigenvalue weighted by Crippen LogP contribution is 2.32. The van der Waals surface area contributed by atoms with Crippen molar-refractivity contribution in [3.05, 3.63) is 29.8 Å². The summed E-state index contributed by atoms with van der Waals surface area (Å²) in [7, 11) is 0. The lowest BCUT2D eigenvalue weighted by Gasteiger charge is -2.08. The van der Waals surface area contributed by atoms with Crippen molar-refractivity contribution in [2.75, 3.05) is 19.7 Å². The zero-order valence-electron chi connectivity index (χ0n) is 8.27. The summed E-state index contributed by atoms with van der Waals surface area (Å²) in [5, 5.41) is 11.4. The highest BCUT2D eigenvalue weighted by Gasteiger charge is 2.22. The molecule has 2 rings (SSSR count). The van der Waals surface area contributed by atoms with Gasteiger partial charge in [0.05, 0.1) is 13.2 Å². The van der Waals surface area contributed by atoms with Crippen LogP contribution in [0.25, 0.3) is 0 Å². The van der Waals surface area contributed by atoms with Crippen molar-refractivity contribution < 1.29 is 14.6 Å². The largest absolute Gasteiger partial charge is 0.493 e. The Morgan fingerprint density at radius 3 is 3.13 bits per heavy atom. The first-order valence-electron chi connectivity index (χ1n) is 4.91. The molecule has 0 saturated carbocycles. The van der Waals surface area contributed by atoms with Crippen LogP contribution in [0.5, 0.6) is 5.75 Å². The van der Waals surface area contributed by atoms with E-state index in [1.165, 1.54) is 0 Å². The monoisotopic (exact) mass is 207 g/mol. The Morgan fingerprint density at radius 1 is 1.53 bits per heavy atom. The average molecular weight is 207 g/mol. The molecule has 1 aliphatic heterocycles. The van der Waals surface area contributed by atoms with Crippen LogP contribution in [0.15, 0.2) is 24.3 Å². The van der Waals surface area contributed by atoms with Gasteiger partial charge < -0.3 is 15.2 Å². The van der Waals surface area contributed by atoms with Crippen LogP contribution < -0.4 is 10.1 Å². The second-order valence-electron chi connectivity index (χ2n) is 3.57. The van der Waals surface area contributed by atoms with Crippen molar-refractivity contribution in [2.45, 2.75) is 5.92 Å². The van der Waals surface area contributed by atoms with Crippen molar-refractivity contribution in [1.82, 2.24) is 5.32 Å². The molecule has 0 fully saturated rings. The molecule has 0 bridgehead atoms. The molecule has 15 heavy (non-hydrogen) atoms. The molecule has 1 aromatic carbocycles. The van der Waals surface area contributed by atoms with Crippen LogP contribution in [0.1, 0.15) is 11.5 Å². The van der Waals surface area contributed by atoms with Gasteiger partial charge in [0.1, 0.15) is 5.75 Å². The molecule has 4 heteroatoms. The highest BCUT2D eigenvalue weighted by molar-refractivity contribution is 5.69. The molecule has 4 nitrogen and oxygen atoms in total. The second-order valence-corrected chi connectivity index (χ2v) is 3.57. The number of fused-ring (bicyclic) bond motifs is 1. The van der Waals surface area contributed by atoms with E-state index in [0.717, 1.165) is 11.3 Å². The van der Waals surface area contributed by atoms with Gasteiger partial charge in [0, 0.05) is 18.0 Å². The van der Waals surface area contributed by atoms with E-state index in [1.807, 2.05) is 24.3 Å². The molecule has 1 aromatic rings. The maximum atomic E-state index is 10.3. The number of ether oxygens (including phenoxy) is 1. The minimum absolute atomic E-state index is 0.00132. The first kappa shape index (κ1) is 9.98. The molecule has 0 aromatic heterocycles. The lowest BCUT2D eigenvalue weighted by atomic mass is 10.0. The Kier molecular flexibility index (Phi) is 2.87. The van der Waals surface area contributed by atoms with Crippen LogP contribution in [0.4, 0.5) is 0 Å². The van der Waals surface area contributed by atoms with Gasteiger partial charge in [0.25, 0.3) is 0 Å². The molecule has 0 saturated heterocycles. The number of nitrogens with one attached hydrogen (secondary N) is 1. The van der Waals surface area contributed by atoms with Crippen molar-refractivity contribution in [2.24, 2.45) is 0 Å². The normalized spacial score (nSPS) is 18.3. The van der Waals surface area contributed by atoms with Gasteiger partial charge in [-0.2, -0.15) is 0 Å². The van der Waals surface area contributed by atoms with Gasteiger partial charge in [0.2, 0.25) is 0 Å². The fourth-order valence-electron chi connectivity index (χ4n) is 1.75. The first-order chi connectivity index (χ1) is 7.27. The van der Waals surface area contributed by atoms with Crippen molar-refractivity contribution >= 4 is 5.97 Å². The van der Waals surface area contributed by atoms with Crippen LogP contribution in [-0.2, 0) is 4.79 Å². The van der Waals surface area contributed by atoms with Crippen molar-refractivity contribution in [3.63, 3.8) is 0 Å². The van der Waals surface area contributed by atoms with Gasteiger partial charge in [-0.05, 0) is 6.07 Å². The summed E-state index contributed by atoms with van der Waals surface area (Å²) in [5.74, 6) is 0.349. The smallest absolute Gasteiger partial charge is 0.317 e. The third-order valence-electron chi connectivity index (χ3n) is 2.47. The van der Waals surface area contributed by atoms with E-state index in [2.05, 4.69) is 5.32 Å². The van der Waals surface area contributed by atoms with Crippen LogP contribution in [0, 0.1) is 0 Å². The van der Waals surface area contributed by atoms with Gasteiger partial charge in [-0.25, -0.2) is 0 Å². The zero-order valence-corrected chi connectivity index (χ0v) is 8.27. The number of hydrogen-bond acceptors (Lipinski definition) is 3. The van der Waals surface area contributed by atoms with Crippen LogP contribution in [0.3, 0.4) is 0 Å². The number of hydrogen-bond donors (Lipinski definition) is 2. The summed E-state index contributed by atoms with van der Waals surface area (Å²) < 4.78 is 5.48. The van der Waals surface area contributed by atoms with Gasteiger partial charge in [-0.15, -0.1) is 0 Å². The van der Waals surface area contributed by atoms with E-state index in [0.29, 0.717) is 13.2 Å². The molecule has 1 heterocycles. The van der Waals surface area contributed by atoms with Gasteiger partial charge in [-0.1, -0.05) is 18.2 Å². The fraction of sp³-hybridized carbons (Fsp3) is 0.364. The predicted molar refractivity (Wildman–Crippen MR) is 55.2 cm³/mol. The quantitative estimate of drug-likeness (QED) is 0.768. The molecule has 2 N–H and O–H groups in total. The molecular weight excluding hydrogens is 194 g/mol. The Morgan fingerprint density at radius 2 is 2.33 bits per heavy atom. The summed E-state index contributed by atoms with van der Waals surface area (Å²) in [6, 6.07) is 7.87. The summed E-state index contributed by atoms with van der Waals surface area (Å²) in [5.41, 5.74) is 1.16. The minimum Gasteiger partial charge on any atom is -0.493 e. The molecule has 1 atom stereocenters. The Balaban J connectivity index is 1.93. The third kappa shape index (κ3) is 2.27. The molecular formula is C11H13NO3. The van der Waals surface area contributed by atoms with Crippen LogP contribution in [-0.4, -0.2) is 30.8 Å². The number of aliphatic carboxylic acids is 1. The molecule has 0 radical (unpaired) electrons. The highest BCUT2D eigenvalue weighted by atomic mass is 16.5. The van der Waals surface area contributed by atoms with Crippen molar-refractivity contribution in [1.29, 1.82) is 0 Å². The molecule has 1 unspecified atom stereocenters. The van der Waals surface area contributed by atoms with E-state index in [1.54, 1.807) is 0 Å². The number of carbonyl (C=O) groups is 1. The van der Waals surface area contributed by atoms with Crippen molar-refractivity contribution in [3.8, 4) is 5.75 Å². The van der Waals surface area contributed by atoms with Crippen LogP contribution in [0.2, 0.25) is 0 Å². The first-order valence-corrected chi connectivity index (χ1v) is 4.91. The Labute approximate surface area is 87.9 Å². The summed E-state index contributed by atoms with van der Waals surface area (Å²) in [6.07, 6.45) is 0. The van der Waals surface area contributed by atoms with E-state index >= 15 is 0 Å².